The summed E-state index contributed by atoms with van der Waals surface area (Å²) in [5.41, 5.74) is 10.6. The summed E-state index contributed by atoms with van der Waals surface area (Å²) >= 11 is 0. The molecule has 0 saturated heterocycles. The van der Waals surface area contributed by atoms with Gasteiger partial charge in [0.25, 0.3) is 0 Å². The van der Waals surface area contributed by atoms with Crippen molar-refractivity contribution in [2.24, 2.45) is 16.8 Å². The van der Waals surface area contributed by atoms with Gasteiger partial charge in [-0.05, 0) is 43.4 Å². The molecule has 3 rings (SSSR count). The number of rotatable bonds is 5. The Kier molecular flexibility index (Phi) is 6.03. The maximum Gasteiger partial charge on any atom is 0.225 e. The lowest BCUT2D eigenvalue weighted by Gasteiger charge is -2.27. The molecule has 0 aromatic carbocycles. The van der Waals surface area contributed by atoms with Crippen molar-refractivity contribution >= 4 is 23.1 Å². The summed E-state index contributed by atoms with van der Waals surface area (Å²) in [6.45, 7) is 1.74. The molecule has 7 nitrogen and oxygen atoms in total. The number of allylic oxidation sites excluding steroid dienone is 1. The van der Waals surface area contributed by atoms with Crippen LogP contribution in [0.5, 0.6) is 0 Å². The Morgan fingerprint density at radius 3 is 2.75 bits per heavy atom. The normalized spacial score (nSPS) is 18.5. The van der Waals surface area contributed by atoms with E-state index in [0.717, 1.165) is 30.9 Å². The van der Waals surface area contributed by atoms with E-state index in [9.17, 15) is 13.6 Å². The summed E-state index contributed by atoms with van der Waals surface area (Å²) in [5, 5.41) is 0. The number of aliphatic imine (C=N–C) groups is 1. The fourth-order valence-corrected chi connectivity index (χ4v) is 3.03. The Morgan fingerprint density at radius 2 is 2.18 bits per heavy atom. The Hall–Kier alpha value is -2.81. The van der Waals surface area contributed by atoms with Gasteiger partial charge in [-0.3, -0.25) is 9.79 Å². The number of anilines is 1. The van der Waals surface area contributed by atoms with Gasteiger partial charge in [0.2, 0.25) is 5.91 Å². The molecular weight excluding hydrogens is 366 g/mol. The van der Waals surface area contributed by atoms with E-state index < -0.39 is 18.2 Å². The van der Waals surface area contributed by atoms with Crippen molar-refractivity contribution in [1.82, 2.24) is 15.3 Å². The smallest absolute Gasteiger partial charge is 0.225 e. The molecule has 0 radical (unpaired) electrons. The van der Waals surface area contributed by atoms with Crippen LogP contribution in [0.4, 0.5) is 14.6 Å². The van der Waals surface area contributed by atoms with Crippen molar-refractivity contribution in [3.8, 4) is 0 Å². The van der Waals surface area contributed by atoms with Gasteiger partial charge in [0.05, 0.1) is 12.1 Å². The quantitative estimate of drug-likeness (QED) is 0.309. The van der Waals surface area contributed by atoms with Crippen LogP contribution in [-0.2, 0) is 4.79 Å². The van der Waals surface area contributed by atoms with Gasteiger partial charge in [0, 0.05) is 25.2 Å². The zero-order chi connectivity index (χ0) is 20.3. The van der Waals surface area contributed by atoms with Crippen LogP contribution < -0.4 is 17.0 Å². The second-order valence-corrected chi connectivity index (χ2v) is 6.94. The highest BCUT2D eigenvalue weighted by Gasteiger charge is 2.33. The van der Waals surface area contributed by atoms with Gasteiger partial charge in [0.15, 0.2) is 5.83 Å². The predicted octanol–water partition coefficient (Wildman–Crippen LogP) is 2.07. The maximum atomic E-state index is 13.4. The minimum Gasteiger partial charge on any atom is -0.383 e. The minimum atomic E-state index is -0.981. The standard InChI is InChI=1S/C19H24F2N6O/c1-11(20)16(21)10-25-18(26-23)15-8-14(9-24-17(15)22)12-4-6-27(7-5-12)19(28)13-2-3-13/h4,8-9,13H,2-3,5-7,10,23H2,1H3,(H2,22,24)(H,25,26)/b16-11-. The first-order valence-electron chi connectivity index (χ1n) is 9.16. The number of hydrogen-bond donors (Lipinski definition) is 3. The van der Waals surface area contributed by atoms with Crippen LogP contribution in [0.2, 0.25) is 0 Å². The lowest BCUT2D eigenvalue weighted by molar-refractivity contribution is -0.132. The predicted molar refractivity (Wildman–Crippen MR) is 104 cm³/mol. The van der Waals surface area contributed by atoms with E-state index in [2.05, 4.69) is 15.4 Å². The number of halogens is 2. The average molecular weight is 390 g/mol. The van der Waals surface area contributed by atoms with Gasteiger partial charge in [-0.1, -0.05) is 6.08 Å². The van der Waals surface area contributed by atoms with Crippen LogP contribution in [0.1, 0.15) is 37.3 Å². The highest BCUT2D eigenvalue weighted by atomic mass is 19.2. The molecule has 5 N–H and O–H groups in total. The van der Waals surface area contributed by atoms with Crippen molar-refractivity contribution in [3.05, 3.63) is 41.1 Å². The molecule has 1 aromatic rings. The summed E-state index contributed by atoms with van der Waals surface area (Å²) in [4.78, 5) is 22.2. The zero-order valence-electron chi connectivity index (χ0n) is 15.7. The molecule has 28 heavy (non-hydrogen) atoms. The summed E-state index contributed by atoms with van der Waals surface area (Å²) in [5.74, 6) is 4.30. The molecule has 1 saturated carbocycles. The number of hydrogen-bond acceptors (Lipinski definition) is 5. The van der Waals surface area contributed by atoms with Crippen molar-refractivity contribution < 1.29 is 13.6 Å². The van der Waals surface area contributed by atoms with Gasteiger partial charge in [-0.2, -0.15) is 0 Å². The van der Waals surface area contributed by atoms with Crippen LogP contribution >= 0.6 is 0 Å². The summed E-state index contributed by atoms with van der Waals surface area (Å²) in [6, 6.07) is 1.76. The molecule has 1 aliphatic heterocycles. The Bertz CT molecular complexity index is 856. The molecule has 2 heterocycles. The van der Waals surface area contributed by atoms with Crippen LogP contribution in [0.15, 0.2) is 35.0 Å². The summed E-state index contributed by atoms with van der Waals surface area (Å²) < 4.78 is 26.3. The van der Waals surface area contributed by atoms with Gasteiger partial charge in [-0.15, -0.1) is 0 Å². The van der Waals surface area contributed by atoms with Crippen LogP contribution in [0, 0.1) is 5.92 Å². The maximum absolute atomic E-state index is 13.4. The molecule has 0 atom stereocenters. The van der Waals surface area contributed by atoms with Crippen molar-refractivity contribution in [1.29, 1.82) is 0 Å². The van der Waals surface area contributed by atoms with E-state index in [-0.39, 0.29) is 23.5 Å². The van der Waals surface area contributed by atoms with E-state index in [1.807, 2.05) is 11.0 Å². The number of pyridine rings is 1. The first-order valence-corrected chi connectivity index (χ1v) is 9.16. The van der Waals surface area contributed by atoms with E-state index in [1.54, 1.807) is 12.3 Å². The molecular formula is C19H24F2N6O. The number of carbonyl (C=O) groups is 1. The summed E-state index contributed by atoms with van der Waals surface area (Å²) in [6.07, 6.45) is 6.32. The molecule has 1 aromatic heterocycles. The van der Waals surface area contributed by atoms with E-state index in [0.29, 0.717) is 25.1 Å². The fraction of sp³-hybridized carbons (Fsp3) is 0.421. The lowest BCUT2D eigenvalue weighted by Crippen LogP contribution is -2.35. The first-order chi connectivity index (χ1) is 13.4. The average Bonchev–Trinajstić information content (AvgIpc) is 3.54. The van der Waals surface area contributed by atoms with Gasteiger partial charge >= 0.3 is 0 Å². The Balaban J connectivity index is 1.80. The number of carbonyl (C=O) groups excluding carboxylic acids is 1. The number of nitrogens with two attached hydrogens (primary N) is 2. The number of amidine groups is 1. The van der Waals surface area contributed by atoms with Gasteiger partial charge in [0.1, 0.15) is 17.5 Å². The highest BCUT2D eigenvalue weighted by Crippen LogP contribution is 2.32. The number of amides is 1. The molecule has 0 bridgehead atoms. The van der Waals surface area contributed by atoms with Crippen LogP contribution in [0.3, 0.4) is 0 Å². The van der Waals surface area contributed by atoms with Gasteiger partial charge < -0.3 is 16.1 Å². The molecule has 1 aliphatic carbocycles. The van der Waals surface area contributed by atoms with Crippen LogP contribution in [-0.4, -0.2) is 41.3 Å². The van der Waals surface area contributed by atoms with Crippen LogP contribution in [0.25, 0.3) is 5.57 Å². The number of aromatic nitrogens is 1. The molecule has 1 amide bonds. The fourth-order valence-electron chi connectivity index (χ4n) is 3.03. The largest absolute Gasteiger partial charge is 0.383 e. The Labute approximate surface area is 162 Å². The zero-order valence-corrected chi connectivity index (χ0v) is 15.7. The first kappa shape index (κ1) is 19.9. The topological polar surface area (TPSA) is 110 Å². The van der Waals surface area contributed by atoms with Crippen molar-refractivity contribution in [2.75, 3.05) is 25.4 Å². The molecule has 2 aliphatic rings. The number of nitrogens with one attached hydrogen (secondary N) is 1. The molecule has 150 valence electrons. The van der Waals surface area contributed by atoms with E-state index in [1.165, 1.54) is 0 Å². The SMILES string of the molecule is C/C(F)=C(/F)CN=C(NN)c1cc(C2=CCN(C(=O)C3CC3)CC2)cnc1N. The Morgan fingerprint density at radius 1 is 1.43 bits per heavy atom. The molecule has 1 fully saturated rings. The minimum absolute atomic E-state index is 0.116. The lowest BCUT2D eigenvalue weighted by atomic mass is 9.99. The number of nitrogens with zero attached hydrogens (tertiary/aromatic N) is 3. The second-order valence-electron chi connectivity index (χ2n) is 6.94. The van der Waals surface area contributed by atoms with Crippen molar-refractivity contribution in [3.63, 3.8) is 0 Å². The monoisotopic (exact) mass is 390 g/mol. The molecule has 9 heteroatoms. The van der Waals surface area contributed by atoms with E-state index in [4.69, 9.17) is 11.6 Å². The molecule has 0 unspecified atom stereocenters. The number of nitrogen functional groups attached to an aromatic ring is 1. The molecule has 0 spiro atoms. The second kappa shape index (κ2) is 8.47. The van der Waals surface area contributed by atoms with Crippen molar-refractivity contribution in [2.45, 2.75) is 26.2 Å². The third-order valence-corrected chi connectivity index (χ3v) is 4.88. The highest BCUT2D eigenvalue weighted by molar-refractivity contribution is 6.02. The third-order valence-electron chi connectivity index (χ3n) is 4.88. The summed E-state index contributed by atoms with van der Waals surface area (Å²) in [7, 11) is 0. The number of hydrazine groups is 1. The van der Waals surface area contributed by atoms with E-state index >= 15 is 0 Å². The van der Waals surface area contributed by atoms with Gasteiger partial charge in [-0.25, -0.2) is 19.6 Å². The third kappa shape index (κ3) is 4.53.